The molecule has 0 spiro atoms. The molecule has 0 aromatic heterocycles. The summed E-state index contributed by atoms with van der Waals surface area (Å²) in [6.07, 6.45) is -1.09. The van der Waals surface area contributed by atoms with Gasteiger partial charge in [0.15, 0.2) is 6.29 Å². The molecule has 5 aromatic carbocycles. The van der Waals surface area contributed by atoms with Crippen LogP contribution in [0.5, 0.6) is 0 Å². The number of ether oxygens (including phenoxy) is 2. The lowest BCUT2D eigenvalue weighted by molar-refractivity contribution is -0.276. The van der Waals surface area contributed by atoms with E-state index < -0.39 is 6.29 Å². The number of amides is 2. The van der Waals surface area contributed by atoms with Crippen LogP contribution in [0.3, 0.4) is 0 Å². The van der Waals surface area contributed by atoms with Crippen molar-refractivity contribution in [2.45, 2.75) is 45.0 Å². The van der Waals surface area contributed by atoms with Gasteiger partial charge < -0.3 is 14.6 Å². The molecule has 5 atom stereocenters. The zero-order valence-electron chi connectivity index (χ0n) is 26.7. The quantitative estimate of drug-likeness (QED) is 0.179. The van der Waals surface area contributed by atoms with Gasteiger partial charge in [0.05, 0.1) is 35.6 Å². The third-order valence-corrected chi connectivity index (χ3v) is 9.73. The predicted molar refractivity (Wildman–Crippen MR) is 182 cm³/mol. The van der Waals surface area contributed by atoms with Crippen molar-refractivity contribution in [2.75, 3.05) is 18.5 Å². The molecule has 1 N–H and O–H groups in total. The highest BCUT2D eigenvalue weighted by Crippen LogP contribution is 2.43. The lowest BCUT2D eigenvalue weighted by Gasteiger charge is -2.43. The van der Waals surface area contributed by atoms with Crippen LogP contribution in [0.2, 0.25) is 0 Å². The van der Waals surface area contributed by atoms with Crippen LogP contribution in [0, 0.1) is 5.92 Å². The van der Waals surface area contributed by atoms with Crippen molar-refractivity contribution < 1.29 is 24.2 Å². The van der Waals surface area contributed by atoms with E-state index in [1.807, 2.05) is 36.4 Å². The summed E-state index contributed by atoms with van der Waals surface area (Å²) in [5.74, 6) is -0.630. The van der Waals surface area contributed by atoms with E-state index >= 15 is 0 Å². The normalized spacial score (nSPS) is 21.8. The number of aliphatic hydroxyl groups is 1. The lowest BCUT2D eigenvalue weighted by Crippen LogP contribution is -2.44. The van der Waals surface area contributed by atoms with Crippen molar-refractivity contribution in [3.8, 4) is 0 Å². The van der Waals surface area contributed by atoms with Gasteiger partial charge in [-0.05, 0) is 71.8 Å². The third-order valence-electron chi connectivity index (χ3n) is 9.73. The molecule has 2 amide bonds. The molecule has 7 rings (SSSR count). The van der Waals surface area contributed by atoms with Gasteiger partial charge in [0.2, 0.25) is 0 Å². The molecule has 0 saturated carbocycles. The van der Waals surface area contributed by atoms with E-state index in [4.69, 9.17) is 9.47 Å². The molecule has 0 bridgehead atoms. The molecule has 5 aromatic rings. The topological polar surface area (TPSA) is 79.3 Å². The first-order chi connectivity index (χ1) is 22.8. The zero-order valence-corrected chi connectivity index (χ0v) is 26.7. The second kappa shape index (κ2) is 12.9. The van der Waals surface area contributed by atoms with E-state index in [1.54, 1.807) is 36.4 Å². The summed E-state index contributed by atoms with van der Waals surface area (Å²) in [7, 11) is 2.13. The number of aliphatic hydroxyl groups excluding tert-OH is 1. The molecule has 2 heterocycles. The maximum atomic E-state index is 13.1. The van der Waals surface area contributed by atoms with E-state index in [0.717, 1.165) is 16.7 Å². The number of benzene rings is 5. The van der Waals surface area contributed by atoms with Crippen molar-refractivity contribution in [2.24, 2.45) is 5.92 Å². The molecule has 7 heteroatoms. The van der Waals surface area contributed by atoms with Gasteiger partial charge in [-0.1, -0.05) is 91.9 Å². The highest BCUT2D eigenvalue weighted by molar-refractivity contribution is 6.34. The van der Waals surface area contributed by atoms with E-state index in [9.17, 15) is 14.7 Å². The summed E-state index contributed by atoms with van der Waals surface area (Å²) in [6.45, 7) is 5.03. The fraction of sp³-hybridized carbons (Fsp3) is 0.250. The van der Waals surface area contributed by atoms with Crippen molar-refractivity contribution >= 4 is 28.3 Å². The highest BCUT2D eigenvalue weighted by atomic mass is 16.7. The number of carbonyl (C=O) groups is 2. The van der Waals surface area contributed by atoms with Crippen LogP contribution < -0.4 is 4.90 Å². The molecular formula is C40H38N2O5. The van der Waals surface area contributed by atoms with Gasteiger partial charge in [0.25, 0.3) is 11.8 Å². The number of likely N-dealkylation sites (N-methyl/N-ethyl adjacent to an activating group) is 1. The van der Waals surface area contributed by atoms with Crippen molar-refractivity contribution in [3.63, 3.8) is 0 Å². The van der Waals surface area contributed by atoms with Gasteiger partial charge in [-0.2, -0.15) is 0 Å². The maximum absolute atomic E-state index is 13.1. The molecular weight excluding hydrogens is 588 g/mol. The van der Waals surface area contributed by atoms with Crippen molar-refractivity contribution in [3.05, 3.63) is 149 Å². The first kappa shape index (κ1) is 31.0. The number of carbonyl (C=O) groups excluding carboxylic acids is 2. The van der Waals surface area contributed by atoms with Crippen LogP contribution in [0.15, 0.2) is 115 Å². The Kier molecular flexibility index (Phi) is 8.47. The van der Waals surface area contributed by atoms with Gasteiger partial charge >= 0.3 is 0 Å². The minimum Gasteiger partial charge on any atom is -0.392 e. The summed E-state index contributed by atoms with van der Waals surface area (Å²) < 4.78 is 13.4. The summed E-state index contributed by atoms with van der Waals surface area (Å²) in [4.78, 5) is 29.7. The average Bonchev–Trinajstić information content (AvgIpc) is 3.37. The number of imide groups is 1. The Bertz CT molecular complexity index is 1890. The summed E-state index contributed by atoms with van der Waals surface area (Å²) in [6, 6.07) is 37.2. The van der Waals surface area contributed by atoms with Crippen LogP contribution in [0.4, 0.5) is 5.69 Å². The first-order valence-electron chi connectivity index (χ1n) is 16.1. The second-order valence-electron chi connectivity index (χ2n) is 12.6. The lowest BCUT2D eigenvalue weighted by atomic mass is 9.89. The standard InChI is InChI=1S/C40H38N2O5/c1-25-36(23-41(3)26(2)31-17-16-28-8-4-5-9-32(28)22-31)46-40(47-37(25)29-14-12-27(24-43)13-15-29)30-18-20-33(21-19-30)42-38(44)34-10-6-7-11-35(34)39(42)45/h4-22,25-26,36-37,40,43H,23-24H2,1-3H3. The molecule has 7 nitrogen and oxygen atoms in total. The highest BCUT2D eigenvalue weighted by Gasteiger charge is 2.40. The van der Waals surface area contributed by atoms with Gasteiger partial charge in [-0.3, -0.25) is 14.5 Å². The Morgan fingerprint density at radius 1 is 0.766 bits per heavy atom. The number of fused-ring (bicyclic) bond motifs is 2. The zero-order chi connectivity index (χ0) is 32.7. The number of hydrogen-bond donors (Lipinski definition) is 1. The molecule has 2 aliphatic heterocycles. The van der Waals surface area contributed by atoms with Crippen LogP contribution in [0.25, 0.3) is 10.8 Å². The SMILES string of the molecule is CC1C(CN(C)C(C)c2ccc3ccccc3c2)OC(c2ccc(N3C(=O)c4ccccc4C3=O)cc2)OC1c1ccc(CO)cc1. The Labute approximate surface area is 275 Å². The minimum absolute atomic E-state index is 0.0212. The van der Waals surface area contributed by atoms with Crippen LogP contribution >= 0.6 is 0 Å². The Hall–Kier alpha value is -4.66. The maximum Gasteiger partial charge on any atom is 0.266 e. The van der Waals surface area contributed by atoms with Gasteiger partial charge in [0, 0.05) is 24.1 Å². The minimum atomic E-state index is -0.667. The molecule has 47 heavy (non-hydrogen) atoms. The Morgan fingerprint density at radius 2 is 1.38 bits per heavy atom. The number of rotatable bonds is 8. The van der Waals surface area contributed by atoms with Gasteiger partial charge in [-0.15, -0.1) is 0 Å². The average molecular weight is 627 g/mol. The van der Waals surface area contributed by atoms with E-state index in [0.29, 0.717) is 23.4 Å². The Morgan fingerprint density at radius 3 is 2.04 bits per heavy atom. The molecule has 5 unspecified atom stereocenters. The van der Waals surface area contributed by atoms with Crippen molar-refractivity contribution in [1.82, 2.24) is 4.90 Å². The third kappa shape index (κ3) is 5.88. The number of hydrogen-bond acceptors (Lipinski definition) is 6. The molecule has 2 aliphatic rings. The van der Waals surface area contributed by atoms with Gasteiger partial charge in [0.1, 0.15) is 0 Å². The van der Waals surface area contributed by atoms with Crippen LogP contribution in [-0.2, 0) is 16.1 Å². The fourth-order valence-electron chi connectivity index (χ4n) is 6.70. The monoisotopic (exact) mass is 626 g/mol. The summed E-state index contributed by atoms with van der Waals surface area (Å²) >= 11 is 0. The summed E-state index contributed by atoms with van der Waals surface area (Å²) in [5.41, 5.74) is 5.21. The number of nitrogens with zero attached hydrogens (tertiary/aromatic N) is 2. The smallest absolute Gasteiger partial charge is 0.266 e. The molecule has 1 fully saturated rings. The van der Waals surface area contributed by atoms with Gasteiger partial charge in [-0.25, -0.2) is 4.90 Å². The van der Waals surface area contributed by atoms with Crippen molar-refractivity contribution in [1.29, 1.82) is 0 Å². The number of anilines is 1. The Balaban J connectivity index is 1.14. The molecule has 0 aliphatic carbocycles. The molecule has 0 radical (unpaired) electrons. The first-order valence-corrected chi connectivity index (χ1v) is 16.1. The van der Waals surface area contributed by atoms with Crippen LogP contribution in [-0.4, -0.2) is 41.5 Å². The summed E-state index contributed by atoms with van der Waals surface area (Å²) in [5, 5.41) is 12.1. The van der Waals surface area contributed by atoms with E-state index in [1.165, 1.54) is 21.2 Å². The molecule has 238 valence electrons. The largest absolute Gasteiger partial charge is 0.392 e. The predicted octanol–water partition coefficient (Wildman–Crippen LogP) is 7.62. The van der Waals surface area contributed by atoms with E-state index in [2.05, 4.69) is 68.3 Å². The molecule has 1 saturated heterocycles. The van der Waals surface area contributed by atoms with E-state index in [-0.39, 0.29) is 42.6 Å². The second-order valence-corrected chi connectivity index (χ2v) is 12.6. The fourth-order valence-corrected chi connectivity index (χ4v) is 6.70. The van der Waals surface area contributed by atoms with Crippen LogP contribution in [0.1, 0.15) is 75.3 Å².